The molecule has 0 amide bonds. The molecule has 1 aliphatic rings. The van der Waals surface area contributed by atoms with E-state index in [4.69, 9.17) is 15.9 Å². The molecule has 1 rings (SSSR count). The van der Waals surface area contributed by atoms with Crippen LogP contribution in [0.1, 0.15) is 13.3 Å². The molecule has 1 unspecified atom stereocenters. The molecule has 0 aromatic rings. The van der Waals surface area contributed by atoms with Crippen molar-refractivity contribution in [3.8, 4) is 0 Å². The summed E-state index contributed by atoms with van der Waals surface area (Å²) in [6.45, 7) is 4.23. The normalized spacial score (nSPS) is 25.2. The van der Waals surface area contributed by atoms with Crippen LogP contribution in [0.2, 0.25) is 0 Å². The van der Waals surface area contributed by atoms with Gasteiger partial charge in [-0.2, -0.15) is 0 Å². The van der Waals surface area contributed by atoms with Crippen molar-refractivity contribution in [3.63, 3.8) is 0 Å². The second-order valence-corrected chi connectivity index (χ2v) is 2.72. The van der Waals surface area contributed by atoms with Crippen molar-refractivity contribution in [2.24, 2.45) is 5.73 Å². The highest BCUT2D eigenvalue weighted by Crippen LogP contribution is 2.08. The number of hydrogen-bond acceptors (Lipinski definition) is 2. The molecule has 0 aromatic carbocycles. The summed E-state index contributed by atoms with van der Waals surface area (Å²) in [5.74, 6) is 0.167. The fourth-order valence-corrected chi connectivity index (χ4v) is 1.31. The van der Waals surface area contributed by atoms with E-state index >= 15 is 0 Å². The van der Waals surface area contributed by atoms with Crippen LogP contribution in [0.4, 0.5) is 0 Å². The van der Waals surface area contributed by atoms with Crippen LogP contribution in [0.5, 0.6) is 0 Å². The molecular formula is C7H15N3O. The van der Waals surface area contributed by atoms with Crippen molar-refractivity contribution in [2.75, 3.05) is 19.8 Å². The molecule has 0 spiro atoms. The lowest BCUT2D eigenvalue weighted by Crippen LogP contribution is -2.50. The van der Waals surface area contributed by atoms with Crippen LogP contribution in [0, 0.1) is 5.41 Å². The van der Waals surface area contributed by atoms with Gasteiger partial charge in [0, 0.05) is 6.54 Å². The van der Waals surface area contributed by atoms with E-state index in [2.05, 4.69) is 6.92 Å². The van der Waals surface area contributed by atoms with Crippen LogP contribution in [0.3, 0.4) is 0 Å². The molecule has 1 saturated heterocycles. The number of morpholine rings is 1. The highest BCUT2D eigenvalue weighted by molar-refractivity contribution is 5.75. The van der Waals surface area contributed by atoms with E-state index in [-0.39, 0.29) is 5.96 Å². The molecule has 0 bridgehead atoms. The molecule has 0 aromatic heterocycles. The zero-order valence-electron chi connectivity index (χ0n) is 6.84. The van der Waals surface area contributed by atoms with Crippen molar-refractivity contribution in [3.05, 3.63) is 0 Å². The molecule has 4 heteroatoms. The molecule has 0 aliphatic carbocycles. The molecular weight excluding hydrogens is 142 g/mol. The number of ether oxygens (including phenoxy) is 1. The Hall–Kier alpha value is -0.770. The molecule has 0 saturated carbocycles. The third-order valence-corrected chi connectivity index (χ3v) is 2.01. The number of hydrogen-bond donors (Lipinski definition) is 2. The van der Waals surface area contributed by atoms with Gasteiger partial charge in [0.25, 0.3) is 0 Å². The number of nitrogens with zero attached hydrogens (tertiary/aromatic N) is 1. The summed E-state index contributed by atoms with van der Waals surface area (Å²) in [6, 6.07) is 0.307. The summed E-state index contributed by atoms with van der Waals surface area (Å²) in [5, 5.41) is 7.27. The Morgan fingerprint density at radius 1 is 1.82 bits per heavy atom. The van der Waals surface area contributed by atoms with Gasteiger partial charge in [0.15, 0.2) is 5.96 Å². The Morgan fingerprint density at radius 3 is 3.00 bits per heavy atom. The number of nitrogens with two attached hydrogens (primary N) is 1. The molecule has 4 nitrogen and oxygen atoms in total. The maximum absolute atomic E-state index is 7.27. The Kier molecular flexibility index (Phi) is 2.70. The van der Waals surface area contributed by atoms with Gasteiger partial charge in [-0.1, -0.05) is 6.92 Å². The first-order valence-electron chi connectivity index (χ1n) is 3.94. The maximum atomic E-state index is 7.27. The van der Waals surface area contributed by atoms with Gasteiger partial charge in [0.2, 0.25) is 0 Å². The lowest BCUT2D eigenvalue weighted by atomic mass is 10.2. The van der Waals surface area contributed by atoms with Crippen LogP contribution in [0.15, 0.2) is 0 Å². The van der Waals surface area contributed by atoms with E-state index in [1.54, 1.807) is 0 Å². The number of nitrogens with one attached hydrogen (secondary N) is 1. The van der Waals surface area contributed by atoms with Crippen molar-refractivity contribution < 1.29 is 4.74 Å². The van der Waals surface area contributed by atoms with E-state index < -0.39 is 0 Å². The highest BCUT2D eigenvalue weighted by atomic mass is 16.5. The number of guanidine groups is 1. The fraction of sp³-hybridized carbons (Fsp3) is 0.857. The standard InChI is InChI=1S/C7H15N3O/c1-2-6-5-11-4-3-10(6)7(8)9/h6H,2-5H2,1H3,(H3,8,9). The van der Waals surface area contributed by atoms with Gasteiger partial charge in [-0.05, 0) is 6.42 Å². The average Bonchev–Trinajstić information content (AvgIpc) is 2.04. The van der Waals surface area contributed by atoms with Gasteiger partial charge in [-0.25, -0.2) is 0 Å². The van der Waals surface area contributed by atoms with E-state index in [1.165, 1.54) is 0 Å². The van der Waals surface area contributed by atoms with Crippen molar-refractivity contribution in [1.29, 1.82) is 5.41 Å². The van der Waals surface area contributed by atoms with E-state index in [0.717, 1.165) is 13.0 Å². The van der Waals surface area contributed by atoms with Crippen LogP contribution < -0.4 is 5.73 Å². The van der Waals surface area contributed by atoms with Crippen molar-refractivity contribution in [1.82, 2.24) is 4.90 Å². The van der Waals surface area contributed by atoms with Gasteiger partial charge < -0.3 is 15.4 Å². The Morgan fingerprint density at radius 2 is 2.55 bits per heavy atom. The van der Waals surface area contributed by atoms with E-state index in [0.29, 0.717) is 19.3 Å². The van der Waals surface area contributed by atoms with Gasteiger partial charge in [0.1, 0.15) is 0 Å². The van der Waals surface area contributed by atoms with Gasteiger partial charge >= 0.3 is 0 Å². The molecule has 11 heavy (non-hydrogen) atoms. The minimum atomic E-state index is 0.167. The summed E-state index contributed by atoms with van der Waals surface area (Å²) in [4.78, 5) is 1.89. The third kappa shape index (κ3) is 1.83. The lowest BCUT2D eigenvalue weighted by Gasteiger charge is -2.35. The predicted octanol–water partition coefficient (Wildman–Crippen LogP) is -0.00933. The summed E-state index contributed by atoms with van der Waals surface area (Å²) < 4.78 is 5.26. The summed E-state index contributed by atoms with van der Waals surface area (Å²) in [6.07, 6.45) is 0.986. The van der Waals surface area contributed by atoms with Gasteiger partial charge in [-0.3, -0.25) is 5.41 Å². The minimum Gasteiger partial charge on any atom is -0.377 e. The Balaban J connectivity index is 2.51. The molecule has 1 aliphatic heterocycles. The monoisotopic (exact) mass is 157 g/mol. The summed E-state index contributed by atoms with van der Waals surface area (Å²) in [7, 11) is 0. The first kappa shape index (κ1) is 8.33. The maximum Gasteiger partial charge on any atom is 0.188 e. The SMILES string of the molecule is CCC1COCCN1C(=N)N. The molecule has 1 fully saturated rings. The summed E-state index contributed by atoms with van der Waals surface area (Å²) >= 11 is 0. The topological polar surface area (TPSA) is 62.3 Å². The molecule has 1 heterocycles. The molecule has 3 N–H and O–H groups in total. The molecule has 1 atom stereocenters. The van der Waals surface area contributed by atoms with E-state index in [1.807, 2.05) is 4.90 Å². The lowest BCUT2D eigenvalue weighted by molar-refractivity contribution is 0.0243. The quantitative estimate of drug-likeness (QED) is 0.415. The average molecular weight is 157 g/mol. The van der Waals surface area contributed by atoms with Crippen LogP contribution >= 0.6 is 0 Å². The largest absolute Gasteiger partial charge is 0.377 e. The van der Waals surface area contributed by atoms with E-state index in [9.17, 15) is 0 Å². The smallest absolute Gasteiger partial charge is 0.188 e. The minimum absolute atomic E-state index is 0.167. The Bertz CT molecular complexity index is 149. The number of rotatable bonds is 1. The first-order valence-corrected chi connectivity index (χ1v) is 3.94. The second kappa shape index (κ2) is 3.57. The van der Waals surface area contributed by atoms with Crippen LogP contribution in [-0.2, 0) is 4.74 Å². The van der Waals surface area contributed by atoms with Gasteiger partial charge in [0.05, 0.1) is 19.3 Å². The first-order chi connectivity index (χ1) is 5.25. The van der Waals surface area contributed by atoms with Crippen LogP contribution in [0.25, 0.3) is 0 Å². The zero-order chi connectivity index (χ0) is 8.27. The predicted molar refractivity (Wildman–Crippen MR) is 43.5 cm³/mol. The zero-order valence-corrected chi connectivity index (χ0v) is 6.84. The fourth-order valence-electron chi connectivity index (χ4n) is 1.31. The Labute approximate surface area is 66.8 Å². The van der Waals surface area contributed by atoms with Gasteiger partial charge in [-0.15, -0.1) is 0 Å². The summed E-state index contributed by atoms with van der Waals surface area (Å²) in [5.41, 5.74) is 5.39. The van der Waals surface area contributed by atoms with Crippen molar-refractivity contribution >= 4 is 5.96 Å². The molecule has 0 radical (unpaired) electrons. The highest BCUT2D eigenvalue weighted by Gasteiger charge is 2.21. The molecule has 64 valence electrons. The van der Waals surface area contributed by atoms with Crippen LogP contribution in [-0.4, -0.2) is 36.7 Å². The van der Waals surface area contributed by atoms with Crippen molar-refractivity contribution in [2.45, 2.75) is 19.4 Å². The second-order valence-electron chi connectivity index (χ2n) is 2.72. The third-order valence-electron chi connectivity index (χ3n) is 2.01.